The van der Waals surface area contributed by atoms with Crippen molar-refractivity contribution in [2.75, 3.05) is 6.26 Å². The first kappa shape index (κ1) is 14.1. The average Bonchev–Trinajstić information content (AvgIpc) is 2.56. The zero-order chi connectivity index (χ0) is 14.7. The first-order chi connectivity index (χ1) is 10.3. The third-order valence-corrected chi connectivity index (χ3v) is 4.45. The number of hydrazine groups is 1. The highest BCUT2D eigenvalue weighted by Gasteiger charge is 2.17. The quantitative estimate of drug-likeness (QED) is 0.439. The minimum atomic E-state index is -0.0419. The van der Waals surface area contributed by atoms with Crippen molar-refractivity contribution in [3.05, 3.63) is 72.1 Å². The molecule has 0 saturated heterocycles. The SMILES string of the molecule is CSc1ccccc1C(NN)c1cccc2cnccc12. The lowest BCUT2D eigenvalue weighted by atomic mass is 9.95. The molecular formula is C17H17N3S. The van der Waals surface area contributed by atoms with Gasteiger partial charge in [-0.2, -0.15) is 0 Å². The van der Waals surface area contributed by atoms with E-state index in [2.05, 4.69) is 47.0 Å². The fraction of sp³-hybridized carbons (Fsp3) is 0.118. The number of thioether (sulfide) groups is 1. The summed E-state index contributed by atoms with van der Waals surface area (Å²) in [4.78, 5) is 5.42. The molecule has 106 valence electrons. The predicted octanol–water partition coefficient (Wildman–Crippen LogP) is 3.51. The van der Waals surface area contributed by atoms with Gasteiger partial charge >= 0.3 is 0 Å². The van der Waals surface area contributed by atoms with Gasteiger partial charge in [-0.3, -0.25) is 10.8 Å². The molecule has 0 bridgehead atoms. The molecule has 3 N–H and O–H groups in total. The maximum Gasteiger partial charge on any atom is 0.0726 e. The lowest BCUT2D eigenvalue weighted by molar-refractivity contribution is 0.632. The Morgan fingerprint density at radius 1 is 1.05 bits per heavy atom. The molecule has 0 aliphatic carbocycles. The zero-order valence-corrected chi connectivity index (χ0v) is 12.6. The lowest BCUT2D eigenvalue weighted by Crippen LogP contribution is -2.29. The number of aromatic nitrogens is 1. The van der Waals surface area contributed by atoms with E-state index in [1.807, 2.05) is 30.6 Å². The van der Waals surface area contributed by atoms with Crippen LogP contribution in [0.1, 0.15) is 17.2 Å². The van der Waals surface area contributed by atoms with Crippen molar-refractivity contribution in [2.24, 2.45) is 5.84 Å². The Kier molecular flexibility index (Phi) is 4.20. The van der Waals surface area contributed by atoms with Gasteiger partial charge in [0.25, 0.3) is 0 Å². The van der Waals surface area contributed by atoms with E-state index in [-0.39, 0.29) is 6.04 Å². The second kappa shape index (κ2) is 6.26. The number of benzene rings is 2. The molecule has 1 unspecified atom stereocenters. The van der Waals surface area contributed by atoms with Crippen LogP contribution in [0.2, 0.25) is 0 Å². The summed E-state index contributed by atoms with van der Waals surface area (Å²) in [6.45, 7) is 0. The molecule has 2 aromatic carbocycles. The summed E-state index contributed by atoms with van der Waals surface area (Å²) in [7, 11) is 0. The Bertz CT molecular complexity index is 752. The number of nitrogens with two attached hydrogens (primary N) is 1. The van der Waals surface area contributed by atoms with E-state index < -0.39 is 0 Å². The number of nitrogens with one attached hydrogen (secondary N) is 1. The summed E-state index contributed by atoms with van der Waals surface area (Å²) in [6, 6.07) is 16.6. The third-order valence-electron chi connectivity index (χ3n) is 3.64. The number of rotatable bonds is 4. The van der Waals surface area contributed by atoms with Crippen molar-refractivity contribution >= 4 is 22.5 Å². The molecule has 3 rings (SSSR count). The van der Waals surface area contributed by atoms with E-state index in [9.17, 15) is 0 Å². The van der Waals surface area contributed by atoms with Crippen LogP contribution in [0, 0.1) is 0 Å². The van der Waals surface area contributed by atoms with E-state index in [0.717, 1.165) is 5.39 Å². The second-order valence-electron chi connectivity index (χ2n) is 4.79. The molecular weight excluding hydrogens is 278 g/mol. The molecule has 21 heavy (non-hydrogen) atoms. The van der Waals surface area contributed by atoms with Crippen LogP contribution in [0.25, 0.3) is 10.8 Å². The van der Waals surface area contributed by atoms with E-state index in [0.29, 0.717) is 0 Å². The highest BCUT2D eigenvalue weighted by Crippen LogP contribution is 2.32. The van der Waals surface area contributed by atoms with Gasteiger partial charge in [-0.1, -0.05) is 36.4 Å². The predicted molar refractivity (Wildman–Crippen MR) is 89.1 cm³/mol. The number of pyridine rings is 1. The number of hydrogen-bond donors (Lipinski definition) is 2. The molecule has 3 nitrogen and oxygen atoms in total. The first-order valence-electron chi connectivity index (χ1n) is 6.77. The number of fused-ring (bicyclic) bond motifs is 1. The fourth-order valence-electron chi connectivity index (χ4n) is 2.65. The third kappa shape index (κ3) is 2.65. The minimum absolute atomic E-state index is 0.0419. The molecule has 3 aromatic rings. The molecule has 0 saturated carbocycles. The Hall–Kier alpha value is -1.88. The molecule has 0 amide bonds. The Balaban J connectivity index is 2.19. The van der Waals surface area contributed by atoms with Crippen LogP contribution in [-0.4, -0.2) is 11.2 Å². The summed E-state index contributed by atoms with van der Waals surface area (Å²) in [5.41, 5.74) is 5.32. The monoisotopic (exact) mass is 295 g/mol. The van der Waals surface area contributed by atoms with Crippen LogP contribution in [0.4, 0.5) is 0 Å². The standard InChI is InChI=1S/C17H17N3S/c1-21-16-8-3-2-6-15(16)17(20-18)14-7-4-5-12-11-19-10-9-13(12)14/h2-11,17,20H,18H2,1H3. The average molecular weight is 295 g/mol. The molecule has 0 aliphatic rings. The van der Waals surface area contributed by atoms with Gasteiger partial charge in [0.1, 0.15) is 0 Å². The summed E-state index contributed by atoms with van der Waals surface area (Å²) in [5.74, 6) is 5.88. The smallest absolute Gasteiger partial charge is 0.0726 e. The Morgan fingerprint density at radius 2 is 1.86 bits per heavy atom. The molecule has 0 fully saturated rings. The number of nitrogens with zero attached hydrogens (tertiary/aromatic N) is 1. The van der Waals surface area contributed by atoms with Crippen LogP contribution in [0.15, 0.2) is 65.8 Å². The summed E-state index contributed by atoms with van der Waals surface area (Å²) >= 11 is 1.73. The van der Waals surface area contributed by atoms with Crippen LogP contribution in [0.3, 0.4) is 0 Å². The molecule has 0 aliphatic heterocycles. The Labute approximate surface area is 128 Å². The molecule has 0 radical (unpaired) electrons. The van der Waals surface area contributed by atoms with E-state index in [1.165, 1.54) is 21.4 Å². The maximum absolute atomic E-state index is 5.88. The van der Waals surface area contributed by atoms with Crippen molar-refractivity contribution in [3.8, 4) is 0 Å². The van der Waals surface area contributed by atoms with Gasteiger partial charge in [-0.15, -0.1) is 11.8 Å². The highest BCUT2D eigenvalue weighted by molar-refractivity contribution is 7.98. The van der Waals surface area contributed by atoms with Crippen LogP contribution in [0.5, 0.6) is 0 Å². The molecule has 1 atom stereocenters. The maximum atomic E-state index is 5.88. The molecule has 1 aromatic heterocycles. The Morgan fingerprint density at radius 3 is 2.67 bits per heavy atom. The normalized spacial score (nSPS) is 12.5. The van der Waals surface area contributed by atoms with Gasteiger partial charge in [0.05, 0.1) is 6.04 Å². The largest absolute Gasteiger partial charge is 0.271 e. The minimum Gasteiger partial charge on any atom is -0.271 e. The second-order valence-corrected chi connectivity index (χ2v) is 5.63. The van der Waals surface area contributed by atoms with Gasteiger partial charge in [0.2, 0.25) is 0 Å². The van der Waals surface area contributed by atoms with Gasteiger partial charge in [0.15, 0.2) is 0 Å². The van der Waals surface area contributed by atoms with Crippen molar-refractivity contribution in [1.82, 2.24) is 10.4 Å². The highest BCUT2D eigenvalue weighted by atomic mass is 32.2. The number of hydrogen-bond acceptors (Lipinski definition) is 4. The topological polar surface area (TPSA) is 50.9 Å². The van der Waals surface area contributed by atoms with E-state index in [4.69, 9.17) is 5.84 Å². The summed E-state index contributed by atoms with van der Waals surface area (Å²) in [6.07, 6.45) is 5.78. The lowest BCUT2D eigenvalue weighted by Gasteiger charge is -2.21. The zero-order valence-electron chi connectivity index (χ0n) is 11.8. The van der Waals surface area contributed by atoms with Crippen molar-refractivity contribution < 1.29 is 0 Å². The molecule has 1 heterocycles. The summed E-state index contributed by atoms with van der Waals surface area (Å²) in [5, 5.41) is 2.29. The van der Waals surface area contributed by atoms with Crippen molar-refractivity contribution in [2.45, 2.75) is 10.9 Å². The van der Waals surface area contributed by atoms with Crippen LogP contribution in [-0.2, 0) is 0 Å². The van der Waals surface area contributed by atoms with Gasteiger partial charge in [-0.25, -0.2) is 5.43 Å². The van der Waals surface area contributed by atoms with Gasteiger partial charge in [-0.05, 0) is 34.9 Å². The fourth-order valence-corrected chi connectivity index (χ4v) is 3.29. The van der Waals surface area contributed by atoms with Gasteiger partial charge < -0.3 is 0 Å². The van der Waals surface area contributed by atoms with Crippen LogP contribution >= 0.6 is 11.8 Å². The van der Waals surface area contributed by atoms with Gasteiger partial charge in [0, 0.05) is 22.7 Å². The molecule has 0 spiro atoms. The van der Waals surface area contributed by atoms with E-state index in [1.54, 1.807) is 11.8 Å². The summed E-state index contributed by atoms with van der Waals surface area (Å²) < 4.78 is 0. The van der Waals surface area contributed by atoms with Crippen molar-refractivity contribution in [1.29, 1.82) is 0 Å². The van der Waals surface area contributed by atoms with E-state index >= 15 is 0 Å². The van der Waals surface area contributed by atoms with Crippen molar-refractivity contribution in [3.63, 3.8) is 0 Å². The van der Waals surface area contributed by atoms with Crippen LogP contribution < -0.4 is 11.3 Å². The first-order valence-corrected chi connectivity index (χ1v) is 7.99. The molecule has 4 heteroatoms.